The number of esters is 1. The van der Waals surface area contributed by atoms with Crippen LogP contribution in [0.25, 0.3) is 0 Å². The molecule has 1 aromatic heterocycles. The highest BCUT2D eigenvalue weighted by Crippen LogP contribution is 2.22. The Morgan fingerprint density at radius 2 is 1.86 bits per heavy atom. The zero-order valence-corrected chi connectivity index (χ0v) is 14.1. The number of nitrogens with one attached hydrogen (secondary N) is 1. The first-order chi connectivity index (χ1) is 10.3. The molecular weight excluding hydrogens is 284 g/mol. The zero-order valence-electron chi connectivity index (χ0n) is 14.1. The molecule has 0 aliphatic carbocycles. The summed E-state index contributed by atoms with van der Waals surface area (Å²) < 4.78 is 4.70. The summed E-state index contributed by atoms with van der Waals surface area (Å²) in [5, 5.41) is 0. The van der Waals surface area contributed by atoms with Crippen molar-refractivity contribution in [2.45, 2.75) is 47.1 Å². The van der Waals surface area contributed by atoms with E-state index in [2.05, 4.69) is 4.98 Å². The molecule has 1 aromatic rings. The Kier molecular flexibility index (Phi) is 5.91. The summed E-state index contributed by atoms with van der Waals surface area (Å²) in [6.45, 7) is 9.08. The number of nitrogens with zero attached hydrogens (tertiary/aromatic N) is 1. The minimum atomic E-state index is -0.573. The molecule has 6 heteroatoms. The van der Waals surface area contributed by atoms with Crippen molar-refractivity contribution in [3.63, 3.8) is 0 Å². The number of Topliss-reactive ketones (excluding diaryl/α,β-unsaturated/α-hetero) is 1. The fourth-order valence-corrected chi connectivity index (χ4v) is 2.64. The van der Waals surface area contributed by atoms with Gasteiger partial charge in [-0.1, -0.05) is 6.92 Å². The van der Waals surface area contributed by atoms with Gasteiger partial charge in [0, 0.05) is 24.7 Å². The van der Waals surface area contributed by atoms with Crippen LogP contribution < -0.4 is 0 Å². The van der Waals surface area contributed by atoms with Gasteiger partial charge in [0.15, 0.2) is 5.78 Å². The third kappa shape index (κ3) is 3.37. The second kappa shape index (κ2) is 7.24. The molecule has 6 nitrogen and oxygen atoms in total. The first kappa shape index (κ1) is 17.9. The number of rotatable bonds is 6. The van der Waals surface area contributed by atoms with E-state index in [9.17, 15) is 14.4 Å². The highest BCUT2D eigenvalue weighted by Gasteiger charge is 2.29. The van der Waals surface area contributed by atoms with Gasteiger partial charge in [-0.3, -0.25) is 9.59 Å². The summed E-state index contributed by atoms with van der Waals surface area (Å²) in [4.78, 5) is 40.7. The van der Waals surface area contributed by atoms with Gasteiger partial charge in [0.25, 0.3) is 0 Å². The van der Waals surface area contributed by atoms with E-state index >= 15 is 0 Å². The van der Waals surface area contributed by atoms with Crippen LogP contribution in [0, 0.1) is 13.8 Å². The van der Waals surface area contributed by atoms with Gasteiger partial charge in [-0.25, -0.2) is 4.79 Å². The number of ketones is 1. The van der Waals surface area contributed by atoms with Crippen molar-refractivity contribution in [3.8, 4) is 0 Å². The van der Waals surface area contributed by atoms with Gasteiger partial charge in [-0.2, -0.15) is 0 Å². The van der Waals surface area contributed by atoms with Crippen molar-refractivity contribution in [1.82, 2.24) is 9.88 Å². The lowest BCUT2D eigenvalue weighted by Crippen LogP contribution is -2.42. The largest absolute Gasteiger partial charge is 0.464 e. The molecule has 0 saturated heterocycles. The molecule has 1 amide bonds. The Bertz CT molecular complexity index is 589. The highest BCUT2D eigenvalue weighted by molar-refractivity contribution is 6.06. The Morgan fingerprint density at radius 1 is 1.27 bits per heavy atom. The molecule has 0 aromatic carbocycles. The number of aromatic nitrogens is 1. The first-order valence-corrected chi connectivity index (χ1v) is 7.35. The maximum atomic E-state index is 12.8. The minimum Gasteiger partial charge on any atom is -0.464 e. The number of carbonyl (C=O) groups is 3. The predicted octanol–water partition coefficient (Wildman–Crippen LogP) is 2.25. The molecule has 1 rings (SSSR count). The summed E-state index contributed by atoms with van der Waals surface area (Å²) in [5.41, 5.74) is 1.90. The summed E-state index contributed by atoms with van der Waals surface area (Å²) in [6.07, 6.45) is 0.774. The molecule has 1 N–H and O–H groups in total. The number of ether oxygens (including phenoxy) is 1. The minimum absolute atomic E-state index is 0.137. The molecule has 0 bridgehead atoms. The standard InChI is InChI=1S/C16H24N2O4/c1-7-8-18(12(5)19)11(4)15(20)13-9(2)14(16(21)22-6)17-10(13)3/h11,17H,7-8H2,1-6H3/t11-/m1/s1. The topological polar surface area (TPSA) is 79.5 Å². The number of aromatic amines is 1. The van der Waals surface area contributed by atoms with Gasteiger partial charge in [-0.05, 0) is 32.8 Å². The lowest BCUT2D eigenvalue weighted by molar-refractivity contribution is -0.130. The molecule has 1 heterocycles. The molecule has 0 fully saturated rings. The second-order valence-corrected chi connectivity index (χ2v) is 5.37. The number of amides is 1. The fraction of sp³-hybridized carbons (Fsp3) is 0.562. The highest BCUT2D eigenvalue weighted by atomic mass is 16.5. The van der Waals surface area contributed by atoms with Crippen molar-refractivity contribution in [3.05, 3.63) is 22.5 Å². The Hall–Kier alpha value is -2.11. The van der Waals surface area contributed by atoms with Gasteiger partial charge < -0.3 is 14.6 Å². The average molecular weight is 308 g/mol. The lowest BCUT2D eigenvalue weighted by atomic mass is 9.99. The molecule has 0 aliphatic rings. The van der Waals surface area contributed by atoms with E-state index in [1.807, 2.05) is 6.92 Å². The van der Waals surface area contributed by atoms with Crippen molar-refractivity contribution in [1.29, 1.82) is 0 Å². The third-order valence-electron chi connectivity index (χ3n) is 3.79. The van der Waals surface area contributed by atoms with Gasteiger partial charge >= 0.3 is 5.97 Å². The molecule has 0 spiro atoms. The number of carbonyl (C=O) groups excluding carboxylic acids is 3. The van der Waals surface area contributed by atoms with E-state index in [4.69, 9.17) is 4.74 Å². The molecule has 1 atom stereocenters. The maximum Gasteiger partial charge on any atom is 0.354 e. The van der Waals surface area contributed by atoms with Crippen LogP contribution >= 0.6 is 0 Å². The summed E-state index contributed by atoms with van der Waals surface area (Å²) >= 11 is 0. The van der Waals surface area contributed by atoms with E-state index in [1.165, 1.54) is 14.0 Å². The molecule has 122 valence electrons. The lowest BCUT2D eigenvalue weighted by Gasteiger charge is -2.27. The van der Waals surface area contributed by atoms with Crippen molar-refractivity contribution >= 4 is 17.7 Å². The molecule has 0 radical (unpaired) electrons. The van der Waals surface area contributed by atoms with Gasteiger partial charge in [0.2, 0.25) is 5.91 Å². The van der Waals surface area contributed by atoms with Crippen LogP contribution in [-0.2, 0) is 9.53 Å². The molecular formula is C16H24N2O4. The molecule has 22 heavy (non-hydrogen) atoms. The van der Waals surface area contributed by atoms with Crippen LogP contribution in [0.5, 0.6) is 0 Å². The van der Waals surface area contributed by atoms with E-state index in [1.54, 1.807) is 25.7 Å². The zero-order chi connectivity index (χ0) is 17.0. The van der Waals surface area contributed by atoms with Crippen molar-refractivity contribution in [2.75, 3.05) is 13.7 Å². The smallest absolute Gasteiger partial charge is 0.354 e. The summed E-state index contributed by atoms with van der Waals surface area (Å²) in [6, 6.07) is -0.573. The first-order valence-electron chi connectivity index (χ1n) is 7.35. The number of methoxy groups -OCH3 is 1. The maximum absolute atomic E-state index is 12.8. The predicted molar refractivity (Wildman–Crippen MR) is 83.1 cm³/mol. The van der Waals surface area contributed by atoms with Gasteiger partial charge in [-0.15, -0.1) is 0 Å². The summed E-state index contributed by atoms with van der Waals surface area (Å²) in [7, 11) is 1.29. The van der Waals surface area contributed by atoms with E-state index < -0.39 is 12.0 Å². The van der Waals surface area contributed by atoms with Crippen LogP contribution in [0.2, 0.25) is 0 Å². The van der Waals surface area contributed by atoms with Crippen LogP contribution in [0.15, 0.2) is 0 Å². The molecule has 0 saturated carbocycles. The quantitative estimate of drug-likeness (QED) is 0.645. The number of hydrogen-bond acceptors (Lipinski definition) is 4. The SMILES string of the molecule is CCCN(C(C)=O)[C@H](C)C(=O)c1c(C)[nH]c(C(=O)OC)c1C. The average Bonchev–Trinajstić information content (AvgIpc) is 2.77. The van der Waals surface area contributed by atoms with Crippen LogP contribution in [0.3, 0.4) is 0 Å². The number of H-pyrrole nitrogens is 1. The number of aryl methyl sites for hydroxylation is 1. The fourth-order valence-electron chi connectivity index (χ4n) is 2.64. The number of hydrogen-bond donors (Lipinski definition) is 1. The van der Waals surface area contributed by atoms with E-state index in [0.29, 0.717) is 23.4 Å². The monoisotopic (exact) mass is 308 g/mol. The van der Waals surface area contributed by atoms with Gasteiger partial charge in [0.05, 0.1) is 13.2 Å². The van der Waals surface area contributed by atoms with Gasteiger partial charge in [0.1, 0.15) is 5.69 Å². The van der Waals surface area contributed by atoms with Crippen LogP contribution in [-0.4, -0.2) is 47.2 Å². The Morgan fingerprint density at radius 3 is 2.32 bits per heavy atom. The third-order valence-corrected chi connectivity index (χ3v) is 3.79. The van der Waals surface area contributed by atoms with Crippen LogP contribution in [0.4, 0.5) is 0 Å². The van der Waals surface area contributed by atoms with Crippen molar-refractivity contribution < 1.29 is 19.1 Å². The molecule has 0 unspecified atom stereocenters. The van der Waals surface area contributed by atoms with E-state index in [-0.39, 0.29) is 17.4 Å². The van der Waals surface area contributed by atoms with E-state index in [0.717, 1.165) is 6.42 Å². The second-order valence-electron chi connectivity index (χ2n) is 5.37. The van der Waals surface area contributed by atoms with Crippen LogP contribution in [0.1, 0.15) is 59.3 Å². The summed E-state index contributed by atoms with van der Waals surface area (Å²) in [5.74, 6) is -0.823. The molecule has 0 aliphatic heterocycles. The van der Waals surface area contributed by atoms with Crippen molar-refractivity contribution in [2.24, 2.45) is 0 Å². The normalized spacial score (nSPS) is 11.9. The Balaban J connectivity index is 3.20. The Labute approximate surface area is 130 Å².